The Morgan fingerprint density at radius 1 is 1.26 bits per heavy atom. The van der Waals surface area contributed by atoms with E-state index >= 15 is 0 Å². The standard InChI is InChI=1S/C9H13F3N2O4S/c10-9(11,12)8(15)14-5-4-13(7-14)3-1-2-6-19(16,17)18/h4-5H,1-3,6-7H2,(H,16,17,18). The quantitative estimate of drug-likeness (QED) is 0.600. The van der Waals surface area contributed by atoms with Crippen LogP contribution in [0, 0.1) is 0 Å². The highest BCUT2D eigenvalue weighted by atomic mass is 32.2. The van der Waals surface area contributed by atoms with E-state index in [1.807, 2.05) is 0 Å². The summed E-state index contributed by atoms with van der Waals surface area (Å²) in [5.74, 6) is -2.33. The lowest BCUT2D eigenvalue weighted by Gasteiger charge is -2.20. The van der Waals surface area contributed by atoms with Gasteiger partial charge in [-0.15, -0.1) is 0 Å². The monoisotopic (exact) mass is 302 g/mol. The number of hydrogen-bond acceptors (Lipinski definition) is 4. The van der Waals surface area contributed by atoms with Crippen molar-refractivity contribution in [2.45, 2.75) is 19.0 Å². The van der Waals surface area contributed by atoms with E-state index in [0.29, 0.717) is 17.9 Å². The van der Waals surface area contributed by atoms with Crippen LogP contribution >= 0.6 is 0 Å². The molecule has 19 heavy (non-hydrogen) atoms. The number of carbonyl (C=O) groups is 1. The number of hydrogen-bond donors (Lipinski definition) is 1. The third kappa shape index (κ3) is 5.47. The molecule has 1 aliphatic rings. The number of nitrogens with zero attached hydrogens (tertiary/aromatic N) is 2. The highest BCUT2D eigenvalue weighted by molar-refractivity contribution is 7.85. The molecule has 0 fully saturated rings. The van der Waals surface area contributed by atoms with Crippen molar-refractivity contribution in [1.29, 1.82) is 0 Å². The molecular formula is C9H13F3N2O4S. The summed E-state index contributed by atoms with van der Waals surface area (Å²) in [6.45, 7) is 0.0812. The average molecular weight is 302 g/mol. The Morgan fingerprint density at radius 2 is 1.89 bits per heavy atom. The molecule has 0 aromatic carbocycles. The van der Waals surface area contributed by atoms with E-state index in [4.69, 9.17) is 4.55 Å². The van der Waals surface area contributed by atoms with Crippen molar-refractivity contribution in [3.8, 4) is 0 Å². The van der Waals surface area contributed by atoms with E-state index in [0.717, 1.165) is 6.20 Å². The maximum absolute atomic E-state index is 12.1. The first-order chi connectivity index (χ1) is 8.59. The van der Waals surface area contributed by atoms with Crippen molar-refractivity contribution in [1.82, 2.24) is 9.80 Å². The SMILES string of the molecule is O=C(N1C=CN(CCCCS(=O)(=O)O)C1)C(F)(F)F. The minimum Gasteiger partial charge on any atom is -0.358 e. The van der Waals surface area contributed by atoms with E-state index in [1.54, 1.807) is 0 Å². The van der Waals surface area contributed by atoms with Gasteiger partial charge in [-0.05, 0) is 12.8 Å². The molecule has 1 amide bonds. The molecular weight excluding hydrogens is 289 g/mol. The average Bonchev–Trinajstić information content (AvgIpc) is 2.69. The number of rotatable bonds is 5. The highest BCUT2D eigenvalue weighted by Gasteiger charge is 2.43. The lowest BCUT2D eigenvalue weighted by molar-refractivity contribution is -0.183. The zero-order chi connectivity index (χ0) is 14.7. The van der Waals surface area contributed by atoms with Crippen molar-refractivity contribution in [2.24, 2.45) is 0 Å². The Morgan fingerprint density at radius 3 is 2.42 bits per heavy atom. The number of alkyl halides is 3. The number of halogens is 3. The van der Waals surface area contributed by atoms with E-state index in [9.17, 15) is 26.4 Å². The van der Waals surface area contributed by atoms with Gasteiger partial charge in [0.2, 0.25) is 0 Å². The van der Waals surface area contributed by atoms with Crippen LogP contribution in [0.4, 0.5) is 13.2 Å². The fourth-order valence-electron chi connectivity index (χ4n) is 1.50. The van der Waals surface area contributed by atoms with Gasteiger partial charge < -0.3 is 4.90 Å². The van der Waals surface area contributed by atoms with Crippen LogP contribution < -0.4 is 0 Å². The first-order valence-corrected chi connectivity index (χ1v) is 6.96. The molecule has 0 spiro atoms. The van der Waals surface area contributed by atoms with Crippen LogP contribution in [0.2, 0.25) is 0 Å². The van der Waals surface area contributed by atoms with Gasteiger partial charge >= 0.3 is 12.1 Å². The number of amides is 1. The maximum atomic E-state index is 12.1. The largest absolute Gasteiger partial charge is 0.471 e. The van der Waals surface area contributed by atoms with Crippen LogP contribution in [0.5, 0.6) is 0 Å². The Labute approximate surface area is 108 Å². The number of unbranched alkanes of at least 4 members (excludes halogenated alkanes) is 1. The second-order valence-electron chi connectivity index (χ2n) is 4.02. The van der Waals surface area contributed by atoms with Crippen LogP contribution in [0.15, 0.2) is 12.4 Å². The normalized spacial score (nSPS) is 16.2. The minimum absolute atomic E-state index is 0.191. The molecule has 0 radical (unpaired) electrons. The topological polar surface area (TPSA) is 77.9 Å². The van der Waals surface area contributed by atoms with Crippen LogP contribution in [-0.4, -0.2) is 53.8 Å². The van der Waals surface area contributed by atoms with Crippen molar-refractivity contribution < 1.29 is 30.9 Å². The Kier molecular flexibility index (Phi) is 4.80. The summed E-state index contributed by atoms with van der Waals surface area (Å²) in [6.07, 6.45) is -1.99. The number of carbonyl (C=O) groups excluding carboxylic acids is 1. The first-order valence-electron chi connectivity index (χ1n) is 5.35. The minimum atomic E-state index is -4.91. The zero-order valence-corrected chi connectivity index (χ0v) is 10.6. The molecule has 0 aliphatic carbocycles. The summed E-state index contributed by atoms with van der Waals surface area (Å²) in [6, 6.07) is 0. The molecule has 10 heteroatoms. The lowest BCUT2D eigenvalue weighted by atomic mass is 10.3. The van der Waals surface area contributed by atoms with Crippen LogP contribution in [0.25, 0.3) is 0 Å². The summed E-state index contributed by atoms with van der Waals surface area (Å²) < 4.78 is 65.7. The van der Waals surface area contributed by atoms with Gasteiger partial charge in [-0.1, -0.05) is 0 Å². The Bertz CT molecular complexity index is 461. The van der Waals surface area contributed by atoms with Crippen molar-refractivity contribution in [3.63, 3.8) is 0 Å². The zero-order valence-electron chi connectivity index (χ0n) is 9.80. The van der Waals surface area contributed by atoms with Gasteiger partial charge in [0.15, 0.2) is 0 Å². The van der Waals surface area contributed by atoms with Gasteiger partial charge in [0.05, 0.1) is 12.4 Å². The molecule has 0 aromatic rings. The lowest BCUT2D eigenvalue weighted by Crippen LogP contribution is -2.39. The molecule has 1 aliphatic heterocycles. The van der Waals surface area contributed by atoms with E-state index in [-0.39, 0.29) is 13.1 Å². The van der Waals surface area contributed by atoms with Crippen molar-refractivity contribution in [3.05, 3.63) is 12.4 Å². The van der Waals surface area contributed by atoms with Crippen molar-refractivity contribution in [2.75, 3.05) is 19.0 Å². The van der Waals surface area contributed by atoms with Crippen LogP contribution in [-0.2, 0) is 14.9 Å². The van der Waals surface area contributed by atoms with E-state index < -0.39 is 28.0 Å². The molecule has 0 saturated carbocycles. The molecule has 0 bridgehead atoms. The molecule has 0 atom stereocenters. The second-order valence-corrected chi connectivity index (χ2v) is 5.59. The van der Waals surface area contributed by atoms with E-state index in [1.165, 1.54) is 11.1 Å². The molecule has 1 rings (SSSR count). The van der Waals surface area contributed by atoms with Crippen LogP contribution in [0.1, 0.15) is 12.8 Å². The third-order valence-corrected chi connectivity index (χ3v) is 3.20. The Hall–Kier alpha value is -1.29. The van der Waals surface area contributed by atoms with Gasteiger partial charge in [-0.2, -0.15) is 21.6 Å². The molecule has 0 aromatic heterocycles. The van der Waals surface area contributed by atoms with Crippen LogP contribution in [0.3, 0.4) is 0 Å². The third-order valence-electron chi connectivity index (χ3n) is 2.39. The van der Waals surface area contributed by atoms with Gasteiger partial charge in [-0.3, -0.25) is 14.2 Å². The highest BCUT2D eigenvalue weighted by Crippen LogP contribution is 2.21. The van der Waals surface area contributed by atoms with Gasteiger partial charge in [0.25, 0.3) is 10.1 Å². The predicted molar refractivity (Wildman–Crippen MR) is 59.3 cm³/mol. The summed E-state index contributed by atoms with van der Waals surface area (Å²) >= 11 is 0. The van der Waals surface area contributed by atoms with Crippen molar-refractivity contribution >= 4 is 16.0 Å². The molecule has 1 heterocycles. The van der Waals surface area contributed by atoms with Gasteiger partial charge in [0, 0.05) is 18.9 Å². The molecule has 0 saturated heterocycles. The summed E-state index contributed by atoms with van der Waals surface area (Å²) in [4.78, 5) is 12.9. The molecule has 6 nitrogen and oxygen atoms in total. The second kappa shape index (κ2) is 5.78. The summed E-state index contributed by atoms with van der Waals surface area (Å²) in [7, 11) is -4.01. The fourth-order valence-corrected chi connectivity index (χ4v) is 2.07. The van der Waals surface area contributed by atoms with Gasteiger partial charge in [0.1, 0.15) is 0 Å². The first kappa shape index (κ1) is 15.8. The van der Waals surface area contributed by atoms with E-state index in [2.05, 4.69) is 0 Å². The smallest absolute Gasteiger partial charge is 0.358 e. The summed E-state index contributed by atoms with van der Waals surface area (Å²) in [5.41, 5.74) is 0. The molecule has 110 valence electrons. The molecule has 0 unspecified atom stereocenters. The molecule has 1 N–H and O–H groups in total. The predicted octanol–water partition coefficient (Wildman–Crippen LogP) is 0.790. The fraction of sp³-hybridized carbons (Fsp3) is 0.667. The maximum Gasteiger partial charge on any atom is 0.471 e. The summed E-state index contributed by atoms with van der Waals surface area (Å²) in [5, 5.41) is 0. The van der Waals surface area contributed by atoms with Gasteiger partial charge in [-0.25, -0.2) is 0 Å². The Balaban J connectivity index is 2.31.